The minimum atomic E-state index is -0.0000376. The minimum absolute atomic E-state index is 0.0000376. The van der Waals surface area contributed by atoms with Crippen molar-refractivity contribution in [2.24, 2.45) is 0 Å². The zero-order valence-corrected chi connectivity index (χ0v) is 13.7. The van der Waals surface area contributed by atoms with E-state index in [4.69, 9.17) is 9.47 Å². The fraction of sp³-hybridized carbons (Fsp3) is 0.471. The summed E-state index contributed by atoms with van der Waals surface area (Å²) in [5.41, 5.74) is 0. The number of thiophene rings is 1. The van der Waals surface area contributed by atoms with Gasteiger partial charge in [0.2, 0.25) is 0 Å². The van der Waals surface area contributed by atoms with Crippen LogP contribution in [0.15, 0.2) is 30.3 Å². The van der Waals surface area contributed by atoms with Crippen LogP contribution in [0.2, 0.25) is 0 Å². The van der Waals surface area contributed by atoms with Crippen LogP contribution < -0.4 is 5.32 Å². The van der Waals surface area contributed by atoms with Crippen molar-refractivity contribution in [3.63, 3.8) is 0 Å². The first kappa shape index (κ1) is 15.1. The number of morpholine rings is 1. The normalized spacial score (nSPS) is 25.7. The SMILES string of the molecule is O=C(N[C@H]1COC[C@@H]1N1CCOCC1)c1cc2ccccc2s1. The molecule has 0 bridgehead atoms. The summed E-state index contributed by atoms with van der Waals surface area (Å²) >= 11 is 1.54. The molecule has 5 nitrogen and oxygen atoms in total. The highest BCUT2D eigenvalue weighted by Gasteiger charge is 2.35. The third-order valence-electron chi connectivity index (χ3n) is 4.53. The van der Waals surface area contributed by atoms with Crippen molar-refractivity contribution in [3.05, 3.63) is 35.2 Å². The van der Waals surface area contributed by atoms with Crippen LogP contribution in [0.4, 0.5) is 0 Å². The van der Waals surface area contributed by atoms with E-state index in [0.717, 1.165) is 41.3 Å². The van der Waals surface area contributed by atoms with Crippen LogP contribution in [-0.2, 0) is 9.47 Å². The number of fused-ring (bicyclic) bond motifs is 1. The third-order valence-corrected chi connectivity index (χ3v) is 5.65. The largest absolute Gasteiger partial charge is 0.379 e. The number of amides is 1. The maximum absolute atomic E-state index is 12.6. The van der Waals surface area contributed by atoms with Crippen molar-refractivity contribution in [2.75, 3.05) is 39.5 Å². The number of nitrogens with one attached hydrogen (secondary N) is 1. The average Bonchev–Trinajstić information content (AvgIpc) is 3.22. The highest BCUT2D eigenvalue weighted by molar-refractivity contribution is 7.20. The fourth-order valence-corrected chi connectivity index (χ4v) is 4.25. The van der Waals surface area contributed by atoms with Crippen molar-refractivity contribution in [1.82, 2.24) is 10.2 Å². The molecule has 4 rings (SSSR count). The lowest BCUT2D eigenvalue weighted by Gasteiger charge is -2.34. The van der Waals surface area contributed by atoms with Gasteiger partial charge in [0.1, 0.15) is 0 Å². The number of ether oxygens (including phenoxy) is 2. The lowest BCUT2D eigenvalue weighted by Crippen LogP contribution is -2.54. The molecule has 2 aromatic rings. The van der Waals surface area contributed by atoms with Crippen LogP contribution in [0.5, 0.6) is 0 Å². The van der Waals surface area contributed by atoms with Crippen molar-refractivity contribution in [3.8, 4) is 0 Å². The Bertz CT molecular complexity index is 663. The van der Waals surface area contributed by atoms with Crippen molar-refractivity contribution < 1.29 is 14.3 Å². The van der Waals surface area contributed by atoms with Gasteiger partial charge in [0.25, 0.3) is 5.91 Å². The molecule has 2 aliphatic heterocycles. The molecule has 0 aliphatic carbocycles. The molecule has 122 valence electrons. The quantitative estimate of drug-likeness (QED) is 0.930. The van der Waals surface area contributed by atoms with Gasteiger partial charge in [-0.1, -0.05) is 18.2 Å². The molecular weight excluding hydrogens is 312 g/mol. The van der Waals surface area contributed by atoms with E-state index < -0.39 is 0 Å². The summed E-state index contributed by atoms with van der Waals surface area (Å²) in [5.74, 6) is -0.0000376. The van der Waals surface area contributed by atoms with Gasteiger partial charge >= 0.3 is 0 Å². The molecule has 2 atom stereocenters. The van der Waals surface area contributed by atoms with Gasteiger partial charge in [-0.05, 0) is 17.5 Å². The topological polar surface area (TPSA) is 50.8 Å². The second kappa shape index (κ2) is 6.57. The van der Waals surface area contributed by atoms with Gasteiger partial charge in [-0.15, -0.1) is 11.3 Å². The van der Waals surface area contributed by atoms with Gasteiger partial charge in [-0.3, -0.25) is 9.69 Å². The maximum atomic E-state index is 12.6. The van der Waals surface area contributed by atoms with E-state index in [2.05, 4.69) is 10.2 Å². The molecule has 2 saturated heterocycles. The van der Waals surface area contributed by atoms with E-state index in [1.165, 1.54) is 11.3 Å². The van der Waals surface area contributed by atoms with Crippen molar-refractivity contribution in [1.29, 1.82) is 0 Å². The molecule has 1 amide bonds. The Kier molecular flexibility index (Phi) is 4.31. The van der Waals surface area contributed by atoms with Gasteiger partial charge in [0, 0.05) is 17.8 Å². The van der Waals surface area contributed by atoms with Crippen molar-refractivity contribution in [2.45, 2.75) is 12.1 Å². The maximum Gasteiger partial charge on any atom is 0.261 e. The Morgan fingerprint density at radius 1 is 1.17 bits per heavy atom. The Labute approximate surface area is 139 Å². The number of rotatable bonds is 3. The number of hydrogen-bond acceptors (Lipinski definition) is 5. The van der Waals surface area contributed by atoms with E-state index in [1.807, 2.05) is 30.3 Å². The molecule has 0 spiro atoms. The summed E-state index contributed by atoms with van der Waals surface area (Å²) in [6, 6.07) is 10.3. The molecular formula is C17H20N2O3S. The first-order chi connectivity index (χ1) is 11.3. The zero-order valence-electron chi connectivity index (χ0n) is 12.9. The molecule has 0 unspecified atom stereocenters. The number of carbonyl (C=O) groups is 1. The molecule has 1 N–H and O–H groups in total. The highest BCUT2D eigenvalue weighted by Crippen LogP contribution is 2.25. The highest BCUT2D eigenvalue weighted by atomic mass is 32.1. The van der Waals surface area contributed by atoms with Crippen LogP contribution in [0.25, 0.3) is 10.1 Å². The van der Waals surface area contributed by atoms with E-state index in [0.29, 0.717) is 13.2 Å². The Balaban J connectivity index is 1.46. The van der Waals surface area contributed by atoms with Gasteiger partial charge in [0.15, 0.2) is 0 Å². The predicted octanol–water partition coefficient (Wildman–Crippen LogP) is 1.73. The lowest BCUT2D eigenvalue weighted by molar-refractivity contribution is 0.0108. The van der Waals surface area contributed by atoms with Gasteiger partial charge in [-0.25, -0.2) is 0 Å². The first-order valence-corrected chi connectivity index (χ1v) is 8.82. The summed E-state index contributed by atoms with van der Waals surface area (Å²) in [4.78, 5) is 15.7. The molecule has 3 heterocycles. The third kappa shape index (κ3) is 3.12. The Morgan fingerprint density at radius 3 is 2.83 bits per heavy atom. The first-order valence-electron chi connectivity index (χ1n) is 8.00. The predicted molar refractivity (Wildman–Crippen MR) is 90.1 cm³/mol. The number of carbonyl (C=O) groups excluding carboxylic acids is 1. The summed E-state index contributed by atoms with van der Waals surface area (Å²) in [5, 5.41) is 4.29. The zero-order chi connectivity index (χ0) is 15.6. The van der Waals surface area contributed by atoms with Gasteiger partial charge < -0.3 is 14.8 Å². The smallest absolute Gasteiger partial charge is 0.261 e. The summed E-state index contributed by atoms with van der Waals surface area (Å²) < 4.78 is 12.2. The van der Waals surface area contributed by atoms with E-state index in [-0.39, 0.29) is 18.0 Å². The summed E-state index contributed by atoms with van der Waals surface area (Å²) in [6.45, 7) is 4.59. The average molecular weight is 332 g/mol. The molecule has 0 radical (unpaired) electrons. The van der Waals surface area contributed by atoms with Crippen LogP contribution in [0.1, 0.15) is 9.67 Å². The standard InChI is InChI=1S/C17H20N2O3S/c20-17(16-9-12-3-1-2-4-15(12)23-16)18-13-10-22-11-14(13)19-5-7-21-8-6-19/h1-4,9,13-14H,5-8,10-11H2,(H,18,20)/t13-,14-/m0/s1. The minimum Gasteiger partial charge on any atom is -0.379 e. The molecule has 2 aliphatic rings. The number of nitrogens with zero attached hydrogens (tertiary/aromatic N) is 1. The molecule has 0 saturated carbocycles. The fourth-order valence-electron chi connectivity index (χ4n) is 3.28. The number of hydrogen-bond donors (Lipinski definition) is 1. The summed E-state index contributed by atoms with van der Waals surface area (Å²) in [7, 11) is 0. The molecule has 2 fully saturated rings. The molecule has 6 heteroatoms. The summed E-state index contributed by atoms with van der Waals surface area (Å²) in [6.07, 6.45) is 0. The monoisotopic (exact) mass is 332 g/mol. The molecule has 23 heavy (non-hydrogen) atoms. The van der Waals surface area contributed by atoms with Crippen molar-refractivity contribution >= 4 is 27.3 Å². The van der Waals surface area contributed by atoms with E-state index in [1.54, 1.807) is 0 Å². The van der Waals surface area contributed by atoms with E-state index >= 15 is 0 Å². The second-order valence-corrected chi connectivity index (χ2v) is 7.07. The van der Waals surface area contributed by atoms with Gasteiger partial charge in [-0.2, -0.15) is 0 Å². The van der Waals surface area contributed by atoms with Gasteiger partial charge in [0.05, 0.1) is 43.4 Å². The Hall–Kier alpha value is -1.47. The Morgan fingerprint density at radius 2 is 2.00 bits per heavy atom. The lowest BCUT2D eigenvalue weighted by atomic mass is 10.1. The van der Waals surface area contributed by atoms with Crippen LogP contribution in [0, 0.1) is 0 Å². The van der Waals surface area contributed by atoms with E-state index in [9.17, 15) is 4.79 Å². The molecule has 1 aromatic heterocycles. The number of benzene rings is 1. The van der Waals surface area contributed by atoms with Crippen LogP contribution >= 0.6 is 11.3 Å². The van der Waals surface area contributed by atoms with Crippen LogP contribution in [-0.4, -0.2) is 62.4 Å². The molecule has 1 aromatic carbocycles. The van der Waals surface area contributed by atoms with Crippen LogP contribution in [0.3, 0.4) is 0 Å². The second-order valence-electron chi connectivity index (χ2n) is 5.98.